The second-order valence-electron chi connectivity index (χ2n) is 9.62. The largest absolute Gasteiger partial charge is 0.433 e. The Hall–Kier alpha value is -3.40. The van der Waals surface area contributed by atoms with E-state index in [1.54, 1.807) is 0 Å². The van der Waals surface area contributed by atoms with Crippen LogP contribution in [0.1, 0.15) is 30.8 Å². The summed E-state index contributed by atoms with van der Waals surface area (Å²) in [6.45, 7) is 6.80. The molecule has 1 amide bonds. The fourth-order valence-electron chi connectivity index (χ4n) is 5.12. The van der Waals surface area contributed by atoms with E-state index in [2.05, 4.69) is 9.88 Å². The average molecular weight is 499 g/mol. The van der Waals surface area contributed by atoms with Gasteiger partial charge in [-0.25, -0.2) is 9.67 Å². The number of aromatic nitrogens is 3. The van der Waals surface area contributed by atoms with E-state index in [0.717, 1.165) is 29.4 Å². The second-order valence-corrected chi connectivity index (χ2v) is 9.62. The number of halogens is 3. The lowest BCUT2D eigenvalue weighted by molar-refractivity contribution is -0.141. The topological polar surface area (TPSA) is 57.5 Å². The van der Waals surface area contributed by atoms with Crippen LogP contribution in [0.25, 0.3) is 5.69 Å². The van der Waals surface area contributed by atoms with Crippen LogP contribution in [0.4, 0.5) is 18.9 Å². The molecule has 0 bridgehead atoms. The van der Waals surface area contributed by atoms with Gasteiger partial charge in [-0.05, 0) is 38.1 Å². The minimum atomic E-state index is -4.45. The van der Waals surface area contributed by atoms with Crippen LogP contribution in [0, 0.1) is 0 Å². The number of amides is 1. The molecule has 0 spiro atoms. The Morgan fingerprint density at radius 1 is 1.03 bits per heavy atom. The third-order valence-corrected chi connectivity index (χ3v) is 7.05. The number of fused-ring (bicyclic) bond motifs is 1. The van der Waals surface area contributed by atoms with Gasteiger partial charge in [-0.2, -0.15) is 18.3 Å². The van der Waals surface area contributed by atoms with Crippen molar-refractivity contribution in [2.45, 2.75) is 45.1 Å². The van der Waals surface area contributed by atoms with Gasteiger partial charge in [0, 0.05) is 56.4 Å². The minimum absolute atomic E-state index is 0.0566. The summed E-state index contributed by atoms with van der Waals surface area (Å²) in [4.78, 5) is 23.0. The van der Waals surface area contributed by atoms with Crippen LogP contribution in [0.2, 0.25) is 0 Å². The molecule has 1 aromatic carbocycles. The van der Waals surface area contributed by atoms with Gasteiger partial charge in [0.05, 0.1) is 29.8 Å². The van der Waals surface area contributed by atoms with Gasteiger partial charge in [0.1, 0.15) is 5.69 Å². The highest BCUT2D eigenvalue weighted by Gasteiger charge is 2.35. The van der Waals surface area contributed by atoms with E-state index < -0.39 is 11.9 Å². The number of para-hydroxylation sites is 1. The third-order valence-electron chi connectivity index (χ3n) is 7.05. The van der Waals surface area contributed by atoms with E-state index in [1.807, 2.05) is 64.9 Å². The van der Waals surface area contributed by atoms with Crippen molar-refractivity contribution in [2.75, 3.05) is 31.1 Å². The highest BCUT2D eigenvalue weighted by atomic mass is 19.4. The number of pyridine rings is 1. The van der Waals surface area contributed by atoms with Gasteiger partial charge >= 0.3 is 6.18 Å². The fraction of sp³-hybridized carbons (Fsp3) is 0.423. The molecule has 2 aliphatic rings. The molecule has 0 N–H and O–H groups in total. The number of carbonyl (C=O) groups excluding carboxylic acids is 1. The van der Waals surface area contributed by atoms with Crippen molar-refractivity contribution in [3.8, 4) is 5.69 Å². The maximum absolute atomic E-state index is 13.3. The predicted octanol–water partition coefficient (Wildman–Crippen LogP) is 3.77. The van der Waals surface area contributed by atoms with Gasteiger partial charge in [-0.15, -0.1) is 0 Å². The van der Waals surface area contributed by atoms with Gasteiger partial charge < -0.3 is 9.80 Å². The second kappa shape index (κ2) is 9.57. The minimum Gasteiger partial charge on any atom is -0.367 e. The molecule has 190 valence electrons. The quantitative estimate of drug-likeness (QED) is 0.548. The zero-order valence-electron chi connectivity index (χ0n) is 20.3. The van der Waals surface area contributed by atoms with E-state index in [1.165, 1.54) is 12.3 Å². The molecular formula is C26H29F3N6O. The number of benzene rings is 1. The summed E-state index contributed by atoms with van der Waals surface area (Å²) in [5.74, 6) is 0.0801. The Balaban J connectivity index is 1.21. The first kappa shape index (κ1) is 24.3. The summed E-state index contributed by atoms with van der Waals surface area (Å²) in [6.07, 6.45) is -0.440. The van der Waals surface area contributed by atoms with Gasteiger partial charge in [0.25, 0.3) is 0 Å². The zero-order chi connectivity index (χ0) is 25.4. The lowest BCUT2D eigenvalue weighted by atomic mass is 10.1. The Morgan fingerprint density at radius 2 is 1.75 bits per heavy atom. The monoisotopic (exact) mass is 498 g/mol. The van der Waals surface area contributed by atoms with Crippen LogP contribution in [-0.4, -0.2) is 68.7 Å². The Morgan fingerprint density at radius 3 is 2.39 bits per heavy atom. The molecule has 2 unspecified atom stereocenters. The van der Waals surface area contributed by atoms with Crippen molar-refractivity contribution in [2.24, 2.45) is 0 Å². The first-order valence-corrected chi connectivity index (χ1v) is 12.1. The van der Waals surface area contributed by atoms with Gasteiger partial charge in [-0.1, -0.05) is 18.2 Å². The maximum Gasteiger partial charge on any atom is 0.433 e. The van der Waals surface area contributed by atoms with Crippen LogP contribution in [-0.2, 0) is 23.9 Å². The van der Waals surface area contributed by atoms with Crippen molar-refractivity contribution in [3.63, 3.8) is 0 Å². The van der Waals surface area contributed by atoms with Crippen LogP contribution in [0.15, 0.2) is 54.9 Å². The smallest absolute Gasteiger partial charge is 0.367 e. The summed E-state index contributed by atoms with van der Waals surface area (Å²) >= 11 is 0. The summed E-state index contributed by atoms with van der Waals surface area (Å²) in [7, 11) is 0. The van der Waals surface area contributed by atoms with E-state index in [-0.39, 0.29) is 18.0 Å². The van der Waals surface area contributed by atoms with Gasteiger partial charge in [0.2, 0.25) is 5.91 Å². The Kier molecular flexibility index (Phi) is 6.46. The molecule has 7 nitrogen and oxygen atoms in total. The molecule has 2 aromatic heterocycles. The molecule has 1 fully saturated rings. The molecule has 1 saturated heterocycles. The number of hydrogen-bond donors (Lipinski definition) is 0. The normalized spacial score (nSPS) is 20.9. The first-order chi connectivity index (χ1) is 17.2. The average Bonchev–Trinajstić information content (AvgIpc) is 3.30. The molecule has 2 atom stereocenters. The molecular weight excluding hydrogens is 469 g/mol. The summed E-state index contributed by atoms with van der Waals surface area (Å²) < 4.78 is 40.4. The Labute approximate surface area is 208 Å². The van der Waals surface area contributed by atoms with E-state index in [9.17, 15) is 18.0 Å². The van der Waals surface area contributed by atoms with E-state index in [4.69, 9.17) is 5.10 Å². The molecule has 0 saturated carbocycles. The van der Waals surface area contributed by atoms with Crippen LogP contribution < -0.4 is 4.90 Å². The summed E-state index contributed by atoms with van der Waals surface area (Å²) in [6, 6.07) is 12.5. The van der Waals surface area contributed by atoms with Crippen LogP contribution in [0.5, 0.6) is 0 Å². The predicted molar refractivity (Wildman–Crippen MR) is 130 cm³/mol. The van der Waals surface area contributed by atoms with E-state index >= 15 is 0 Å². The maximum atomic E-state index is 13.3. The summed E-state index contributed by atoms with van der Waals surface area (Å²) in [5.41, 5.74) is 2.86. The SMILES string of the molecule is CC1CN(c2ccc(C(F)(F)F)nc2)CC(C)N1CC(=O)N1CCc2nn(-c3ccccc3)cc2C1. The van der Waals surface area contributed by atoms with Crippen molar-refractivity contribution in [3.05, 3.63) is 71.8 Å². The molecule has 0 aliphatic carbocycles. The number of anilines is 1. The number of nitrogens with zero attached hydrogens (tertiary/aromatic N) is 6. The molecule has 3 aromatic rings. The number of rotatable bonds is 4. The van der Waals surface area contributed by atoms with Crippen molar-refractivity contribution in [1.82, 2.24) is 24.6 Å². The van der Waals surface area contributed by atoms with Crippen LogP contribution >= 0.6 is 0 Å². The molecule has 10 heteroatoms. The Bertz CT molecular complexity index is 1200. The molecule has 36 heavy (non-hydrogen) atoms. The van der Waals surface area contributed by atoms with Crippen molar-refractivity contribution >= 4 is 11.6 Å². The van der Waals surface area contributed by atoms with Gasteiger partial charge in [-0.3, -0.25) is 9.69 Å². The molecule has 4 heterocycles. The van der Waals surface area contributed by atoms with E-state index in [0.29, 0.717) is 38.4 Å². The fourth-order valence-corrected chi connectivity index (χ4v) is 5.12. The molecule has 2 aliphatic heterocycles. The highest BCUT2D eigenvalue weighted by molar-refractivity contribution is 5.78. The third kappa shape index (κ3) is 4.95. The lowest BCUT2D eigenvalue weighted by Gasteiger charge is -2.45. The number of hydrogen-bond acceptors (Lipinski definition) is 5. The van der Waals surface area contributed by atoms with Gasteiger partial charge in [0.15, 0.2) is 0 Å². The molecule has 5 rings (SSSR count). The summed E-state index contributed by atoms with van der Waals surface area (Å²) in [5, 5.41) is 4.71. The van der Waals surface area contributed by atoms with Crippen molar-refractivity contribution < 1.29 is 18.0 Å². The lowest BCUT2D eigenvalue weighted by Crippen LogP contribution is -2.59. The highest BCUT2D eigenvalue weighted by Crippen LogP contribution is 2.29. The van der Waals surface area contributed by atoms with Crippen LogP contribution in [0.3, 0.4) is 0 Å². The van der Waals surface area contributed by atoms with Crippen molar-refractivity contribution in [1.29, 1.82) is 0 Å². The number of piperazine rings is 1. The number of carbonyl (C=O) groups is 1. The molecule has 0 radical (unpaired) electrons. The number of alkyl halides is 3. The first-order valence-electron chi connectivity index (χ1n) is 12.1. The zero-order valence-corrected chi connectivity index (χ0v) is 20.3. The standard InChI is InChI=1S/C26H29F3N6O/c1-18-13-33(22-8-9-24(30-12-22)26(27,28)29)14-19(2)34(18)17-25(36)32-11-10-23-20(15-32)16-35(31-23)21-6-4-3-5-7-21/h3-9,12,16,18-19H,10-11,13-15,17H2,1-2H3.